The predicted octanol–water partition coefficient (Wildman–Crippen LogP) is 3.36. The summed E-state index contributed by atoms with van der Waals surface area (Å²) in [5.74, 6) is 1.23. The van der Waals surface area contributed by atoms with Gasteiger partial charge in [0.2, 0.25) is 5.69 Å². The van der Waals surface area contributed by atoms with Gasteiger partial charge in [-0.05, 0) is 13.8 Å². The molecular weight excluding hydrogens is 264 g/mol. The first-order valence-corrected chi connectivity index (χ1v) is 8.21. The van der Waals surface area contributed by atoms with Crippen molar-refractivity contribution in [3.8, 4) is 0 Å². The number of thioether (sulfide) groups is 1. The van der Waals surface area contributed by atoms with E-state index in [-0.39, 0.29) is 5.41 Å². The molecule has 0 unspecified atom stereocenters. The van der Waals surface area contributed by atoms with Crippen LogP contribution in [0.15, 0.2) is 35.4 Å². The Morgan fingerprint density at radius 2 is 1.95 bits per heavy atom. The first-order valence-electron chi connectivity index (χ1n) is 7.23. The Morgan fingerprint density at radius 1 is 1.25 bits per heavy atom. The summed E-state index contributed by atoms with van der Waals surface area (Å²) in [4.78, 5) is 0. The first-order chi connectivity index (χ1) is 9.34. The lowest BCUT2D eigenvalue weighted by Crippen LogP contribution is -2.36. The molecule has 1 saturated heterocycles. The highest BCUT2D eigenvalue weighted by Gasteiger charge is 2.44. The molecule has 106 valence electrons. The van der Waals surface area contributed by atoms with Crippen LogP contribution in [0.2, 0.25) is 0 Å². The van der Waals surface area contributed by atoms with Crippen molar-refractivity contribution < 1.29 is 9.06 Å². The van der Waals surface area contributed by atoms with Crippen LogP contribution in [0.4, 0.5) is 5.69 Å². The standard InChI is InChI=1S/C17H24N2S/c1-17(2)13-8-6-7-9-14(13)18(3)15(17)12-16-19(4,5)10-11-20-16/h6-9,12H,10-11H2,1-5H3/q+2/b16-12+. The predicted molar refractivity (Wildman–Crippen MR) is 87.8 cm³/mol. The fourth-order valence-electron chi connectivity index (χ4n) is 3.26. The molecule has 1 aromatic rings. The molecule has 0 aromatic heterocycles. The number of para-hydroxylation sites is 1. The van der Waals surface area contributed by atoms with Gasteiger partial charge >= 0.3 is 0 Å². The van der Waals surface area contributed by atoms with Crippen LogP contribution in [0.1, 0.15) is 19.4 Å². The molecule has 0 saturated carbocycles. The molecule has 0 radical (unpaired) electrons. The van der Waals surface area contributed by atoms with E-state index in [4.69, 9.17) is 0 Å². The van der Waals surface area contributed by atoms with Gasteiger partial charge in [-0.1, -0.05) is 30.0 Å². The molecule has 2 nitrogen and oxygen atoms in total. The van der Waals surface area contributed by atoms with Crippen molar-refractivity contribution in [2.75, 3.05) is 33.4 Å². The van der Waals surface area contributed by atoms with Gasteiger partial charge in [0.15, 0.2) is 10.7 Å². The fraction of sp³-hybridized carbons (Fsp3) is 0.471. The van der Waals surface area contributed by atoms with Crippen LogP contribution >= 0.6 is 11.8 Å². The molecule has 1 aromatic carbocycles. The van der Waals surface area contributed by atoms with E-state index >= 15 is 0 Å². The number of nitrogens with zero attached hydrogens (tertiary/aromatic N) is 2. The molecule has 2 heterocycles. The van der Waals surface area contributed by atoms with E-state index in [2.05, 4.69) is 69.9 Å². The molecule has 0 bridgehead atoms. The molecule has 0 N–H and O–H groups in total. The number of allylic oxidation sites excluding steroid dienone is 1. The second-order valence-electron chi connectivity index (χ2n) is 6.83. The molecule has 20 heavy (non-hydrogen) atoms. The van der Waals surface area contributed by atoms with Gasteiger partial charge in [-0.25, -0.2) is 0 Å². The van der Waals surface area contributed by atoms with Crippen LogP contribution in [0.25, 0.3) is 0 Å². The quantitative estimate of drug-likeness (QED) is 0.566. The van der Waals surface area contributed by atoms with Crippen molar-refractivity contribution in [1.29, 1.82) is 0 Å². The molecule has 2 aliphatic rings. The number of quaternary nitrogens is 1. The van der Waals surface area contributed by atoms with Crippen molar-refractivity contribution in [3.05, 3.63) is 40.9 Å². The molecule has 0 atom stereocenters. The zero-order valence-electron chi connectivity index (χ0n) is 13.1. The smallest absolute Gasteiger partial charge is 0.209 e. The van der Waals surface area contributed by atoms with Crippen molar-refractivity contribution >= 4 is 23.2 Å². The highest BCUT2D eigenvalue weighted by atomic mass is 32.2. The van der Waals surface area contributed by atoms with Gasteiger partial charge in [-0.2, -0.15) is 4.58 Å². The monoisotopic (exact) mass is 288 g/mol. The molecule has 0 amide bonds. The Balaban J connectivity index is 2.12. The highest BCUT2D eigenvalue weighted by Crippen LogP contribution is 2.41. The maximum atomic E-state index is 2.43. The van der Waals surface area contributed by atoms with Crippen LogP contribution < -0.4 is 0 Å². The average molecular weight is 288 g/mol. The summed E-state index contributed by atoms with van der Waals surface area (Å²) >= 11 is 2.00. The van der Waals surface area contributed by atoms with E-state index in [1.165, 1.54) is 34.3 Å². The Bertz CT molecular complexity index is 624. The molecule has 3 heteroatoms. The number of rotatable bonds is 1. The molecule has 3 rings (SSSR count). The third-order valence-electron chi connectivity index (χ3n) is 4.70. The summed E-state index contributed by atoms with van der Waals surface area (Å²) in [6.45, 7) is 5.89. The van der Waals surface area contributed by atoms with Crippen LogP contribution in [-0.2, 0) is 5.41 Å². The average Bonchev–Trinajstić information content (AvgIpc) is 2.81. The van der Waals surface area contributed by atoms with Gasteiger partial charge < -0.3 is 0 Å². The minimum Gasteiger partial charge on any atom is -0.289 e. The SMILES string of the molecule is C[N+]1=C(/C=C2/SCC[N+]2(C)C)C(C)(C)c2ccccc21. The molecule has 2 aliphatic heterocycles. The van der Waals surface area contributed by atoms with E-state index in [0.29, 0.717) is 0 Å². The number of benzene rings is 1. The van der Waals surface area contributed by atoms with Crippen molar-refractivity contribution in [2.45, 2.75) is 19.3 Å². The van der Waals surface area contributed by atoms with Gasteiger partial charge in [0.05, 0.1) is 37.9 Å². The maximum Gasteiger partial charge on any atom is 0.209 e. The molecule has 0 spiro atoms. The van der Waals surface area contributed by atoms with Gasteiger partial charge in [0.1, 0.15) is 7.05 Å². The summed E-state index contributed by atoms with van der Waals surface area (Å²) in [6, 6.07) is 8.77. The van der Waals surface area contributed by atoms with Gasteiger partial charge in [-0.3, -0.25) is 4.48 Å². The number of hydrogen-bond acceptors (Lipinski definition) is 1. The van der Waals surface area contributed by atoms with E-state index in [1.54, 1.807) is 0 Å². The molecule has 0 aliphatic carbocycles. The highest BCUT2D eigenvalue weighted by molar-refractivity contribution is 8.03. The minimum absolute atomic E-state index is 0.0848. The minimum atomic E-state index is 0.0848. The zero-order valence-corrected chi connectivity index (χ0v) is 13.9. The Kier molecular flexibility index (Phi) is 3.11. The zero-order chi connectivity index (χ0) is 14.5. The first kappa shape index (κ1) is 13.9. The number of hydrogen-bond donors (Lipinski definition) is 0. The third kappa shape index (κ3) is 1.95. The molecule has 1 fully saturated rings. The largest absolute Gasteiger partial charge is 0.289 e. The second-order valence-corrected chi connectivity index (χ2v) is 7.94. The summed E-state index contributed by atoms with van der Waals surface area (Å²) in [5, 5.41) is 1.48. The third-order valence-corrected chi connectivity index (χ3v) is 5.99. The number of fused-ring (bicyclic) bond motifs is 1. The van der Waals surface area contributed by atoms with E-state index in [1.807, 2.05) is 11.8 Å². The van der Waals surface area contributed by atoms with Crippen LogP contribution in [0, 0.1) is 0 Å². The van der Waals surface area contributed by atoms with E-state index in [0.717, 1.165) is 4.48 Å². The summed E-state index contributed by atoms with van der Waals surface area (Å²) in [6.07, 6.45) is 2.43. The van der Waals surface area contributed by atoms with Crippen molar-refractivity contribution in [2.24, 2.45) is 0 Å². The maximum absolute atomic E-state index is 2.43. The Morgan fingerprint density at radius 3 is 2.55 bits per heavy atom. The van der Waals surface area contributed by atoms with Gasteiger partial charge in [-0.15, -0.1) is 0 Å². The van der Waals surface area contributed by atoms with Crippen LogP contribution in [-0.4, -0.2) is 48.2 Å². The molecular formula is C17H24N2S+2. The van der Waals surface area contributed by atoms with Gasteiger partial charge in [0.25, 0.3) is 0 Å². The van der Waals surface area contributed by atoms with Crippen LogP contribution in [0.3, 0.4) is 0 Å². The Hall–Kier alpha value is -1.06. The Labute approximate surface area is 126 Å². The lowest BCUT2D eigenvalue weighted by Gasteiger charge is -2.24. The van der Waals surface area contributed by atoms with Gasteiger partial charge in [0, 0.05) is 11.6 Å². The van der Waals surface area contributed by atoms with Crippen molar-refractivity contribution in [1.82, 2.24) is 0 Å². The van der Waals surface area contributed by atoms with Crippen LogP contribution in [0.5, 0.6) is 0 Å². The lowest BCUT2D eigenvalue weighted by molar-refractivity contribution is -0.837. The normalized spacial score (nSPS) is 25.4. The second kappa shape index (κ2) is 4.47. The topological polar surface area (TPSA) is 3.01 Å². The van der Waals surface area contributed by atoms with Crippen molar-refractivity contribution in [3.63, 3.8) is 0 Å². The van der Waals surface area contributed by atoms with E-state index < -0.39 is 0 Å². The lowest BCUT2D eigenvalue weighted by atomic mass is 9.81. The summed E-state index contributed by atoms with van der Waals surface area (Å²) in [5.41, 5.74) is 4.27. The summed E-state index contributed by atoms with van der Waals surface area (Å²) in [7, 11) is 6.81. The fourth-order valence-corrected chi connectivity index (χ4v) is 4.65. The van der Waals surface area contributed by atoms with E-state index in [9.17, 15) is 0 Å². The summed E-state index contributed by atoms with van der Waals surface area (Å²) < 4.78 is 3.37.